The summed E-state index contributed by atoms with van der Waals surface area (Å²) in [4.78, 5) is 18.9. The number of pyridine rings is 1. The lowest BCUT2D eigenvalue weighted by atomic mass is 10.1. The van der Waals surface area contributed by atoms with Crippen molar-refractivity contribution in [3.8, 4) is 0 Å². The Morgan fingerprint density at radius 1 is 1.28 bits per heavy atom. The van der Waals surface area contributed by atoms with Crippen molar-refractivity contribution in [3.05, 3.63) is 65.5 Å². The van der Waals surface area contributed by atoms with Crippen LogP contribution >= 0.6 is 0 Å². The van der Waals surface area contributed by atoms with E-state index in [1.54, 1.807) is 42.9 Å². The zero-order valence-corrected chi connectivity index (χ0v) is 9.65. The lowest BCUT2D eigenvalue weighted by Crippen LogP contribution is -1.95. The molecule has 1 aromatic carbocycles. The fraction of sp³-hybridized carbons (Fsp3) is 0.0714. The van der Waals surface area contributed by atoms with Gasteiger partial charge in [0.05, 0.1) is 12.1 Å². The van der Waals surface area contributed by atoms with Gasteiger partial charge in [0, 0.05) is 24.2 Å². The Morgan fingerprint density at radius 2 is 2.06 bits per heavy atom. The third-order valence-corrected chi connectivity index (χ3v) is 2.40. The van der Waals surface area contributed by atoms with E-state index >= 15 is 0 Å². The number of carboxylic acids is 1. The van der Waals surface area contributed by atoms with Gasteiger partial charge >= 0.3 is 5.97 Å². The summed E-state index contributed by atoms with van der Waals surface area (Å²) < 4.78 is 0. The van der Waals surface area contributed by atoms with Crippen LogP contribution in [-0.4, -0.2) is 22.3 Å². The van der Waals surface area contributed by atoms with E-state index in [4.69, 9.17) is 5.11 Å². The first-order valence-corrected chi connectivity index (χ1v) is 5.48. The lowest BCUT2D eigenvalue weighted by molar-refractivity contribution is 0.0697. The summed E-state index contributed by atoms with van der Waals surface area (Å²) in [7, 11) is 0. The van der Waals surface area contributed by atoms with Crippen LogP contribution in [0.2, 0.25) is 0 Å². The van der Waals surface area contributed by atoms with Gasteiger partial charge in [0.1, 0.15) is 0 Å². The minimum absolute atomic E-state index is 0.287. The van der Waals surface area contributed by atoms with Crippen LogP contribution in [0.3, 0.4) is 0 Å². The number of aromatic carboxylic acids is 1. The topological polar surface area (TPSA) is 62.5 Å². The molecule has 0 atom stereocenters. The van der Waals surface area contributed by atoms with E-state index in [1.807, 2.05) is 12.1 Å². The first-order valence-electron chi connectivity index (χ1n) is 5.48. The van der Waals surface area contributed by atoms with Gasteiger partial charge in [-0.1, -0.05) is 18.2 Å². The Hall–Kier alpha value is -2.49. The van der Waals surface area contributed by atoms with Crippen LogP contribution in [0.1, 0.15) is 21.5 Å². The van der Waals surface area contributed by atoms with Crippen LogP contribution in [0.25, 0.3) is 0 Å². The summed E-state index contributed by atoms with van der Waals surface area (Å²) >= 11 is 0. The number of rotatable bonds is 4. The van der Waals surface area contributed by atoms with E-state index in [0.29, 0.717) is 6.54 Å². The number of carbonyl (C=O) groups is 1. The van der Waals surface area contributed by atoms with Gasteiger partial charge in [0.2, 0.25) is 0 Å². The maximum absolute atomic E-state index is 10.7. The predicted molar refractivity (Wildman–Crippen MR) is 68.9 cm³/mol. The third-order valence-electron chi connectivity index (χ3n) is 2.40. The molecule has 1 N–H and O–H groups in total. The van der Waals surface area contributed by atoms with Crippen molar-refractivity contribution in [2.75, 3.05) is 0 Å². The molecule has 18 heavy (non-hydrogen) atoms. The van der Waals surface area contributed by atoms with Crippen molar-refractivity contribution >= 4 is 12.2 Å². The highest BCUT2D eigenvalue weighted by atomic mass is 16.4. The van der Waals surface area contributed by atoms with Crippen molar-refractivity contribution in [2.24, 2.45) is 4.99 Å². The van der Waals surface area contributed by atoms with Crippen LogP contribution in [0.15, 0.2) is 53.8 Å². The summed E-state index contributed by atoms with van der Waals surface area (Å²) in [5.41, 5.74) is 2.20. The van der Waals surface area contributed by atoms with E-state index in [0.717, 1.165) is 11.1 Å². The summed E-state index contributed by atoms with van der Waals surface area (Å²) in [6, 6.07) is 10.5. The van der Waals surface area contributed by atoms with E-state index in [1.165, 1.54) is 0 Å². The number of benzene rings is 1. The molecule has 2 aromatic rings. The molecule has 0 amide bonds. The summed E-state index contributed by atoms with van der Waals surface area (Å²) in [6.45, 7) is 0.523. The SMILES string of the molecule is O=C(O)c1ccc(CN=Cc2cccnc2)cc1. The minimum atomic E-state index is -0.916. The van der Waals surface area contributed by atoms with Gasteiger partial charge in [0.15, 0.2) is 0 Å². The van der Waals surface area contributed by atoms with Crippen molar-refractivity contribution in [1.82, 2.24) is 4.98 Å². The van der Waals surface area contributed by atoms with Crippen LogP contribution < -0.4 is 0 Å². The Kier molecular flexibility index (Phi) is 3.81. The van der Waals surface area contributed by atoms with Gasteiger partial charge in [-0.25, -0.2) is 4.79 Å². The van der Waals surface area contributed by atoms with Gasteiger partial charge in [0.25, 0.3) is 0 Å². The Morgan fingerprint density at radius 3 is 2.67 bits per heavy atom. The summed E-state index contributed by atoms with van der Waals surface area (Å²) in [5, 5.41) is 8.76. The van der Waals surface area contributed by atoms with E-state index < -0.39 is 5.97 Å². The maximum atomic E-state index is 10.7. The van der Waals surface area contributed by atoms with Crippen LogP contribution in [0, 0.1) is 0 Å². The average Bonchev–Trinajstić information content (AvgIpc) is 2.40. The van der Waals surface area contributed by atoms with Gasteiger partial charge in [-0.05, 0) is 23.8 Å². The zero-order valence-electron chi connectivity index (χ0n) is 9.65. The molecule has 0 aliphatic carbocycles. The van der Waals surface area contributed by atoms with Crippen LogP contribution in [-0.2, 0) is 6.54 Å². The molecular weight excluding hydrogens is 228 g/mol. The number of carboxylic acid groups (broad SMARTS) is 1. The van der Waals surface area contributed by atoms with Crippen molar-refractivity contribution in [3.63, 3.8) is 0 Å². The smallest absolute Gasteiger partial charge is 0.335 e. The van der Waals surface area contributed by atoms with E-state index in [-0.39, 0.29) is 5.56 Å². The fourth-order valence-electron chi connectivity index (χ4n) is 1.46. The van der Waals surface area contributed by atoms with Crippen LogP contribution in [0.4, 0.5) is 0 Å². The molecular formula is C14H12N2O2. The molecule has 0 radical (unpaired) electrons. The van der Waals surface area contributed by atoms with Crippen molar-refractivity contribution < 1.29 is 9.90 Å². The number of aromatic nitrogens is 1. The Labute approximate surface area is 105 Å². The minimum Gasteiger partial charge on any atom is -0.478 e. The monoisotopic (exact) mass is 240 g/mol. The number of hydrogen-bond acceptors (Lipinski definition) is 3. The highest BCUT2D eigenvalue weighted by Crippen LogP contribution is 2.05. The highest BCUT2D eigenvalue weighted by Gasteiger charge is 2.00. The molecule has 0 saturated heterocycles. The largest absolute Gasteiger partial charge is 0.478 e. The molecule has 0 aliphatic heterocycles. The molecule has 4 heteroatoms. The fourth-order valence-corrected chi connectivity index (χ4v) is 1.46. The van der Waals surface area contributed by atoms with E-state index in [2.05, 4.69) is 9.98 Å². The average molecular weight is 240 g/mol. The second-order valence-electron chi connectivity index (χ2n) is 3.76. The van der Waals surface area contributed by atoms with Crippen molar-refractivity contribution in [2.45, 2.75) is 6.54 Å². The van der Waals surface area contributed by atoms with Gasteiger partial charge in [-0.3, -0.25) is 9.98 Å². The molecule has 0 fully saturated rings. The second-order valence-corrected chi connectivity index (χ2v) is 3.76. The first-order chi connectivity index (χ1) is 8.75. The van der Waals surface area contributed by atoms with Crippen molar-refractivity contribution in [1.29, 1.82) is 0 Å². The quantitative estimate of drug-likeness (QED) is 0.834. The normalized spacial score (nSPS) is 10.7. The molecule has 0 aliphatic rings. The molecule has 0 unspecified atom stereocenters. The van der Waals surface area contributed by atoms with Gasteiger partial charge in [-0.2, -0.15) is 0 Å². The summed E-state index contributed by atoms with van der Waals surface area (Å²) in [6.07, 6.45) is 5.19. The standard InChI is InChI=1S/C14H12N2O2/c17-14(18)13-5-3-11(4-6-13)8-16-10-12-2-1-7-15-9-12/h1-7,9-10H,8H2,(H,17,18). The molecule has 1 aromatic heterocycles. The number of aliphatic imine (C=N–C) groups is 1. The molecule has 90 valence electrons. The number of nitrogens with zero attached hydrogens (tertiary/aromatic N) is 2. The third kappa shape index (κ3) is 3.25. The molecule has 1 heterocycles. The Balaban J connectivity index is 1.98. The molecule has 2 rings (SSSR count). The van der Waals surface area contributed by atoms with Crippen LogP contribution in [0.5, 0.6) is 0 Å². The van der Waals surface area contributed by atoms with E-state index in [9.17, 15) is 4.79 Å². The molecule has 4 nitrogen and oxygen atoms in total. The number of hydrogen-bond donors (Lipinski definition) is 1. The van der Waals surface area contributed by atoms with Gasteiger partial charge < -0.3 is 5.11 Å². The molecule has 0 spiro atoms. The predicted octanol–water partition coefficient (Wildman–Crippen LogP) is 2.40. The molecule has 0 saturated carbocycles. The zero-order chi connectivity index (χ0) is 12.8. The lowest BCUT2D eigenvalue weighted by Gasteiger charge is -1.98. The second kappa shape index (κ2) is 5.72. The highest BCUT2D eigenvalue weighted by molar-refractivity contribution is 5.87. The summed E-state index contributed by atoms with van der Waals surface area (Å²) in [5.74, 6) is -0.916. The first kappa shape index (κ1) is 12.0. The Bertz CT molecular complexity index is 548. The van der Waals surface area contributed by atoms with Gasteiger partial charge in [-0.15, -0.1) is 0 Å². The maximum Gasteiger partial charge on any atom is 0.335 e. The molecule has 0 bridgehead atoms.